The summed E-state index contributed by atoms with van der Waals surface area (Å²) in [4.78, 5) is 8.88. The van der Waals surface area contributed by atoms with Gasteiger partial charge in [0.2, 0.25) is 5.88 Å². The van der Waals surface area contributed by atoms with Gasteiger partial charge >= 0.3 is 0 Å². The number of hydrogen-bond donors (Lipinski definition) is 1. The lowest BCUT2D eigenvalue weighted by atomic mass is 9.96. The molecule has 0 saturated heterocycles. The molecule has 0 bridgehead atoms. The summed E-state index contributed by atoms with van der Waals surface area (Å²) in [7, 11) is 0. The molecule has 1 rings (SSSR count). The average Bonchev–Trinajstić information content (AvgIpc) is 2.27. The topological polar surface area (TPSA) is 47.0 Å². The molecular weight excluding hydrogens is 226 g/mol. The highest BCUT2D eigenvalue weighted by Crippen LogP contribution is 2.23. The van der Waals surface area contributed by atoms with Crippen molar-refractivity contribution in [3.8, 4) is 18.2 Å². The van der Waals surface area contributed by atoms with E-state index < -0.39 is 0 Å². The quantitative estimate of drug-likeness (QED) is 0.831. The van der Waals surface area contributed by atoms with Gasteiger partial charge in [0.05, 0.1) is 0 Å². The number of nitrogens with one attached hydrogen (secondary N) is 1. The molecule has 0 aliphatic rings. The van der Waals surface area contributed by atoms with E-state index in [2.05, 4.69) is 42.0 Å². The largest absolute Gasteiger partial charge is 0.461 e. The summed E-state index contributed by atoms with van der Waals surface area (Å²) < 4.78 is 5.56. The Bertz CT molecular complexity index is 443. The normalized spacial score (nSPS) is 12.7. The van der Waals surface area contributed by atoms with Crippen LogP contribution in [0.3, 0.4) is 0 Å². The number of anilines is 1. The fourth-order valence-corrected chi connectivity index (χ4v) is 1.31. The fourth-order valence-electron chi connectivity index (χ4n) is 1.31. The third-order valence-electron chi connectivity index (χ3n) is 2.26. The zero-order chi connectivity index (χ0) is 13.8. The monoisotopic (exact) mass is 247 g/mol. The van der Waals surface area contributed by atoms with E-state index in [4.69, 9.17) is 11.2 Å². The molecule has 0 amide bonds. The van der Waals surface area contributed by atoms with Gasteiger partial charge in [-0.25, -0.2) is 4.98 Å². The summed E-state index contributed by atoms with van der Waals surface area (Å²) >= 11 is 0. The van der Waals surface area contributed by atoms with Crippen LogP contribution in [0.4, 0.5) is 5.82 Å². The van der Waals surface area contributed by atoms with E-state index in [1.165, 1.54) is 0 Å². The van der Waals surface area contributed by atoms with Crippen molar-refractivity contribution in [3.63, 3.8) is 0 Å². The zero-order valence-corrected chi connectivity index (χ0v) is 11.7. The molecule has 0 aliphatic heterocycles. The molecular formula is C14H21N3O. The van der Waals surface area contributed by atoms with E-state index in [-0.39, 0.29) is 11.5 Å². The third kappa shape index (κ3) is 3.92. The molecule has 18 heavy (non-hydrogen) atoms. The van der Waals surface area contributed by atoms with Gasteiger partial charge in [-0.15, -0.1) is 6.42 Å². The van der Waals surface area contributed by atoms with E-state index in [1.54, 1.807) is 6.07 Å². The van der Waals surface area contributed by atoms with Gasteiger partial charge in [0, 0.05) is 18.0 Å². The van der Waals surface area contributed by atoms with Gasteiger partial charge in [-0.1, -0.05) is 26.7 Å². The molecule has 4 nitrogen and oxygen atoms in total. The SMILES string of the molecule is C#CC(C)Oc1cc(NCC)nc(C(C)(C)C)n1. The molecule has 0 aliphatic carbocycles. The van der Waals surface area contributed by atoms with Gasteiger partial charge in [0.15, 0.2) is 6.10 Å². The molecule has 1 N–H and O–H groups in total. The maximum absolute atomic E-state index is 5.56. The van der Waals surface area contributed by atoms with Crippen molar-refractivity contribution in [2.75, 3.05) is 11.9 Å². The Morgan fingerprint density at radius 1 is 1.44 bits per heavy atom. The van der Waals surface area contributed by atoms with E-state index in [9.17, 15) is 0 Å². The number of ether oxygens (including phenoxy) is 1. The summed E-state index contributed by atoms with van der Waals surface area (Å²) in [5, 5.41) is 3.17. The summed E-state index contributed by atoms with van der Waals surface area (Å²) in [6.45, 7) is 10.8. The first kappa shape index (κ1) is 14.3. The maximum atomic E-state index is 5.56. The Kier molecular flexibility index (Phi) is 4.55. The first-order chi connectivity index (χ1) is 8.36. The van der Waals surface area contributed by atoms with Crippen LogP contribution >= 0.6 is 0 Å². The number of hydrogen-bond acceptors (Lipinski definition) is 4. The Labute approximate surface area is 109 Å². The Balaban J connectivity index is 3.10. The van der Waals surface area contributed by atoms with E-state index >= 15 is 0 Å². The number of aromatic nitrogens is 2. The molecule has 4 heteroatoms. The molecule has 1 unspecified atom stereocenters. The first-order valence-electron chi connectivity index (χ1n) is 6.13. The molecule has 1 aromatic rings. The highest BCUT2D eigenvalue weighted by atomic mass is 16.5. The summed E-state index contributed by atoms with van der Waals surface area (Å²) in [6.07, 6.45) is 5.00. The van der Waals surface area contributed by atoms with Gasteiger partial charge in [-0.3, -0.25) is 0 Å². The van der Waals surface area contributed by atoms with Crippen LogP contribution in [0, 0.1) is 12.3 Å². The fraction of sp³-hybridized carbons (Fsp3) is 0.571. The van der Waals surface area contributed by atoms with Crippen molar-refractivity contribution < 1.29 is 4.74 Å². The lowest BCUT2D eigenvalue weighted by Gasteiger charge is -2.19. The van der Waals surface area contributed by atoms with E-state index in [0.29, 0.717) is 5.88 Å². The van der Waals surface area contributed by atoms with Crippen molar-refractivity contribution in [3.05, 3.63) is 11.9 Å². The molecule has 0 spiro atoms. The minimum atomic E-state index is -0.304. The number of terminal acetylenes is 1. The van der Waals surface area contributed by atoms with Crippen molar-refractivity contribution in [2.45, 2.75) is 46.1 Å². The van der Waals surface area contributed by atoms with Crippen LogP contribution in [-0.2, 0) is 5.41 Å². The number of rotatable bonds is 4. The molecule has 1 atom stereocenters. The lowest BCUT2D eigenvalue weighted by Crippen LogP contribution is -2.19. The Morgan fingerprint density at radius 3 is 2.61 bits per heavy atom. The van der Waals surface area contributed by atoms with Crippen LogP contribution in [-0.4, -0.2) is 22.6 Å². The van der Waals surface area contributed by atoms with Crippen molar-refractivity contribution in [1.82, 2.24) is 9.97 Å². The number of nitrogens with zero attached hydrogens (tertiary/aromatic N) is 2. The summed E-state index contributed by atoms with van der Waals surface area (Å²) in [5.41, 5.74) is -0.136. The lowest BCUT2D eigenvalue weighted by molar-refractivity contribution is 0.265. The van der Waals surface area contributed by atoms with E-state index in [0.717, 1.165) is 18.2 Å². The van der Waals surface area contributed by atoms with Crippen molar-refractivity contribution >= 4 is 5.82 Å². The minimum absolute atomic E-state index is 0.136. The van der Waals surface area contributed by atoms with E-state index in [1.807, 2.05) is 13.8 Å². The molecule has 0 radical (unpaired) electrons. The summed E-state index contributed by atoms with van der Waals surface area (Å²) in [5.74, 6) is 4.53. The maximum Gasteiger partial charge on any atom is 0.219 e. The van der Waals surface area contributed by atoms with Gasteiger partial charge in [0.1, 0.15) is 11.6 Å². The second kappa shape index (κ2) is 5.72. The highest BCUT2D eigenvalue weighted by molar-refractivity contribution is 5.39. The first-order valence-corrected chi connectivity index (χ1v) is 6.13. The minimum Gasteiger partial charge on any atom is -0.461 e. The standard InChI is InChI=1S/C14H21N3O/c1-7-10(3)18-12-9-11(15-8-2)16-13(17-12)14(4,5)6/h1,9-10H,8H2,2-6H3,(H,15,16,17). The van der Waals surface area contributed by atoms with Gasteiger partial charge in [-0.05, 0) is 13.8 Å². The van der Waals surface area contributed by atoms with Crippen molar-refractivity contribution in [2.24, 2.45) is 0 Å². The predicted molar refractivity (Wildman–Crippen MR) is 73.8 cm³/mol. The molecule has 0 saturated carbocycles. The van der Waals surface area contributed by atoms with Gasteiger partial charge in [-0.2, -0.15) is 4.98 Å². The zero-order valence-electron chi connectivity index (χ0n) is 11.7. The Morgan fingerprint density at radius 2 is 2.11 bits per heavy atom. The van der Waals surface area contributed by atoms with Crippen LogP contribution in [0.25, 0.3) is 0 Å². The molecule has 98 valence electrons. The molecule has 0 aromatic carbocycles. The Hall–Kier alpha value is -1.76. The van der Waals surface area contributed by atoms with Crippen molar-refractivity contribution in [1.29, 1.82) is 0 Å². The van der Waals surface area contributed by atoms with Crippen LogP contribution < -0.4 is 10.1 Å². The highest BCUT2D eigenvalue weighted by Gasteiger charge is 2.19. The third-order valence-corrected chi connectivity index (χ3v) is 2.26. The average molecular weight is 247 g/mol. The van der Waals surface area contributed by atoms with Crippen LogP contribution in [0.5, 0.6) is 5.88 Å². The summed E-state index contributed by atoms with van der Waals surface area (Å²) in [6, 6.07) is 1.77. The predicted octanol–water partition coefficient (Wildman–Crippen LogP) is 2.61. The smallest absolute Gasteiger partial charge is 0.219 e. The second-order valence-corrected chi connectivity index (χ2v) is 5.12. The molecule has 1 aromatic heterocycles. The molecule has 1 heterocycles. The van der Waals surface area contributed by atoms with Crippen LogP contribution in [0.1, 0.15) is 40.4 Å². The molecule has 0 fully saturated rings. The second-order valence-electron chi connectivity index (χ2n) is 5.12. The van der Waals surface area contributed by atoms with Gasteiger partial charge in [0.25, 0.3) is 0 Å². The van der Waals surface area contributed by atoms with Crippen LogP contribution in [0.2, 0.25) is 0 Å². The van der Waals surface area contributed by atoms with Gasteiger partial charge < -0.3 is 10.1 Å². The van der Waals surface area contributed by atoms with Crippen LogP contribution in [0.15, 0.2) is 6.07 Å².